The number of rotatable bonds is 5. The van der Waals surface area contributed by atoms with Gasteiger partial charge in [-0.1, -0.05) is 30.3 Å². The van der Waals surface area contributed by atoms with Crippen LogP contribution in [0.4, 0.5) is 0 Å². The number of halogens is 1. The minimum absolute atomic E-state index is 0.00184. The average Bonchev–Trinajstić information content (AvgIpc) is 3.01. The van der Waals surface area contributed by atoms with Gasteiger partial charge in [-0.2, -0.15) is 0 Å². The maximum absolute atomic E-state index is 5.92. The van der Waals surface area contributed by atoms with Crippen molar-refractivity contribution in [3.05, 3.63) is 35.9 Å². The number of hydrogen-bond acceptors (Lipinski definition) is 5. The fraction of sp³-hybridized carbons (Fsp3) is 0.538. The smallest absolute Gasteiger partial charge is 0.125 e. The standard InChI is InChI=1S/C13H15IO4S/c14-19-18-11-8-17-12-10(7-16-13(11)12)15-6-9-4-2-1-3-5-9/h1-5,10-13H,6-8H2/t10-,11+,12?,13?/m0/s1. The van der Waals surface area contributed by atoms with Crippen molar-refractivity contribution in [3.63, 3.8) is 0 Å². The van der Waals surface area contributed by atoms with Crippen molar-refractivity contribution in [1.29, 1.82) is 0 Å². The maximum atomic E-state index is 5.92. The van der Waals surface area contributed by atoms with Crippen LogP contribution in [0, 0.1) is 0 Å². The molecule has 1 aromatic rings. The summed E-state index contributed by atoms with van der Waals surface area (Å²) in [6.07, 6.45) is 0.00976. The average molecular weight is 394 g/mol. The van der Waals surface area contributed by atoms with Crippen LogP contribution < -0.4 is 0 Å². The minimum Gasteiger partial charge on any atom is -0.370 e. The highest BCUT2D eigenvalue weighted by molar-refractivity contribution is 14.2. The molecule has 0 aromatic heterocycles. The Balaban J connectivity index is 1.54. The highest BCUT2D eigenvalue weighted by Crippen LogP contribution is 2.33. The van der Waals surface area contributed by atoms with Crippen LogP contribution in [0.15, 0.2) is 30.3 Å². The lowest BCUT2D eigenvalue weighted by molar-refractivity contribution is -0.0418. The van der Waals surface area contributed by atoms with E-state index in [0.29, 0.717) is 19.8 Å². The first-order chi connectivity index (χ1) is 9.38. The van der Waals surface area contributed by atoms with Gasteiger partial charge in [0.1, 0.15) is 24.4 Å². The van der Waals surface area contributed by atoms with Gasteiger partial charge in [0.15, 0.2) is 0 Å². The lowest BCUT2D eigenvalue weighted by Gasteiger charge is -2.16. The summed E-state index contributed by atoms with van der Waals surface area (Å²) < 4.78 is 22.9. The molecule has 4 nitrogen and oxygen atoms in total. The number of ether oxygens (including phenoxy) is 3. The highest BCUT2D eigenvalue weighted by Gasteiger charge is 2.49. The molecular formula is C13H15IO4S. The Bertz CT molecular complexity index is 405. The van der Waals surface area contributed by atoms with E-state index < -0.39 is 0 Å². The molecule has 2 saturated heterocycles. The van der Waals surface area contributed by atoms with Crippen molar-refractivity contribution in [2.45, 2.75) is 31.0 Å². The van der Waals surface area contributed by atoms with E-state index in [4.69, 9.17) is 18.4 Å². The monoisotopic (exact) mass is 394 g/mol. The van der Waals surface area contributed by atoms with Crippen LogP contribution in [-0.2, 0) is 25.0 Å². The molecule has 0 spiro atoms. The van der Waals surface area contributed by atoms with Gasteiger partial charge < -0.3 is 14.2 Å². The van der Waals surface area contributed by atoms with E-state index in [1.54, 1.807) is 0 Å². The molecule has 2 heterocycles. The molecule has 2 aliphatic rings. The molecular weight excluding hydrogens is 379 g/mol. The van der Waals surface area contributed by atoms with Gasteiger partial charge in [-0.25, -0.2) is 0 Å². The Hall–Kier alpha value is 0.140. The summed E-state index contributed by atoms with van der Waals surface area (Å²) in [6, 6.07) is 10.1. The predicted octanol–water partition coefficient (Wildman–Crippen LogP) is 2.75. The molecule has 6 heteroatoms. The first-order valence-corrected chi connectivity index (χ1v) is 9.49. The number of hydrogen-bond donors (Lipinski definition) is 0. The molecule has 0 N–H and O–H groups in total. The molecule has 104 valence electrons. The van der Waals surface area contributed by atoms with Crippen molar-refractivity contribution in [2.75, 3.05) is 13.2 Å². The maximum Gasteiger partial charge on any atom is 0.125 e. The van der Waals surface area contributed by atoms with Crippen molar-refractivity contribution < 1.29 is 18.4 Å². The van der Waals surface area contributed by atoms with Gasteiger partial charge in [0.25, 0.3) is 0 Å². The van der Waals surface area contributed by atoms with E-state index in [9.17, 15) is 0 Å². The molecule has 4 atom stereocenters. The van der Waals surface area contributed by atoms with Gasteiger partial charge in [0.2, 0.25) is 0 Å². The second-order valence-corrected chi connectivity index (χ2v) is 6.03. The van der Waals surface area contributed by atoms with Crippen LogP contribution in [0.5, 0.6) is 0 Å². The Kier molecular flexibility index (Phi) is 4.99. The molecule has 0 aliphatic carbocycles. The van der Waals surface area contributed by atoms with E-state index in [1.165, 1.54) is 14.8 Å². The summed E-state index contributed by atoms with van der Waals surface area (Å²) in [6.45, 7) is 1.75. The van der Waals surface area contributed by atoms with Crippen LogP contribution in [0.2, 0.25) is 0 Å². The third-order valence-corrected chi connectivity index (χ3v) is 4.37. The van der Waals surface area contributed by atoms with Crippen molar-refractivity contribution in [3.8, 4) is 0 Å². The van der Waals surface area contributed by atoms with Crippen LogP contribution >= 0.6 is 30.4 Å². The largest absolute Gasteiger partial charge is 0.370 e. The van der Waals surface area contributed by atoms with E-state index in [-0.39, 0.29) is 24.4 Å². The molecule has 2 fully saturated rings. The quantitative estimate of drug-likeness (QED) is 0.567. The lowest BCUT2D eigenvalue weighted by Crippen LogP contribution is -2.33. The summed E-state index contributed by atoms with van der Waals surface area (Å²) in [4.78, 5) is 0. The first-order valence-electron chi connectivity index (χ1n) is 6.21. The zero-order valence-electron chi connectivity index (χ0n) is 10.2. The zero-order valence-corrected chi connectivity index (χ0v) is 13.2. The fourth-order valence-electron chi connectivity index (χ4n) is 2.48. The van der Waals surface area contributed by atoms with Crippen LogP contribution in [0.1, 0.15) is 5.56 Å². The highest BCUT2D eigenvalue weighted by atomic mass is 127. The molecule has 0 radical (unpaired) electrons. The SMILES string of the molecule is ISO[C@@H]1COC2C1OC[C@@H]2OCc1ccccc1. The fourth-order valence-corrected chi connectivity index (χ4v) is 3.54. The molecule has 0 bridgehead atoms. The summed E-state index contributed by atoms with van der Waals surface area (Å²) in [5.74, 6) is 0. The van der Waals surface area contributed by atoms with Crippen molar-refractivity contribution in [1.82, 2.24) is 0 Å². The zero-order chi connectivity index (χ0) is 13.1. The topological polar surface area (TPSA) is 36.9 Å². The normalized spacial score (nSPS) is 33.5. The molecule has 2 unspecified atom stereocenters. The van der Waals surface area contributed by atoms with Crippen LogP contribution in [-0.4, -0.2) is 37.6 Å². The predicted molar refractivity (Wildman–Crippen MR) is 81.0 cm³/mol. The van der Waals surface area contributed by atoms with Crippen LogP contribution in [0.25, 0.3) is 0 Å². The van der Waals surface area contributed by atoms with E-state index >= 15 is 0 Å². The van der Waals surface area contributed by atoms with E-state index in [2.05, 4.69) is 33.3 Å². The Morgan fingerprint density at radius 1 is 1.11 bits per heavy atom. The van der Waals surface area contributed by atoms with Gasteiger partial charge in [-0.15, -0.1) is 0 Å². The second kappa shape index (κ2) is 6.73. The van der Waals surface area contributed by atoms with Gasteiger partial charge in [-0.3, -0.25) is 4.18 Å². The first kappa shape index (κ1) is 14.1. The van der Waals surface area contributed by atoms with Crippen LogP contribution in [0.3, 0.4) is 0 Å². The Morgan fingerprint density at radius 2 is 1.79 bits per heavy atom. The third kappa shape index (κ3) is 3.25. The van der Waals surface area contributed by atoms with Crippen molar-refractivity contribution in [2.24, 2.45) is 0 Å². The molecule has 0 amide bonds. The van der Waals surface area contributed by atoms with Gasteiger partial charge >= 0.3 is 0 Å². The number of fused-ring (bicyclic) bond motifs is 1. The Labute approximate surface area is 128 Å². The molecule has 3 rings (SSSR count). The van der Waals surface area contributed by atoms with E-state index in [0.717, 1.165) is 0 Å². The van der Waals surface area contributed by atoms with E-state index in [1.807, 2.05) is 18.2 Å². The Morgan fingerprint density at radius 3 is 2.53 bits per heavy atom. The van der Waals surface area contributed by atoms with Crippen molar-refractivity contribution >= 4 is 30.4 Å². The van der Waals surface area contributed by atoms with Gasteiger partial charge in [0.05, 0.1) is 29.0 Å². The van der Waals surface area contributed by atoms with Gasteiger partial charge in [-0.05, 0) is 5.56 Å². The van der Waals surface area contributed by atoms with Gasteiger partial charge in [0, 0.05) is 21.2 Å². The molecule has 19 heavy (non-hydrogen) atoms. The lowest BCUT2D eigenvalue weighted by atomic mass is 10.1. The summed E-state index contributed by atoms with van der Waals surface area (Å²) in [5, 5.41) is 0. The number of benzene rings is 1. The molecule has 1 aromatic carbocycles. The third-order valence-electron chi connectivity index (χ3n) is 3.43. The summed E-state index contributed by atoms with van der Waals surface area (Å²) in [5.41, 5.74) is 1.17. The molecule has 2 aliphatic heterocycles. The summed E-state index contributed by atoms with van der Waals surface area (Å²) >= 11 is 2.11. The summed E-state index contributed by atoms with van der Waals surface area (Å²) in [7, 11) is 1.33. The minimum atomic E-state index is -0.00253. The molecule has 0 saturated carbocycles. The second-order valence-electron chi connectivity index (χ2n) is 4.63.